The van der Waals surface area contributed by atoms with Gasteiger partial charge in [0.2, 0.25) is 5.91 Å². The number of thiophene rings is 1. The zero-order valence-electron chi connectivity index (χ0n) is 11.7. The van der Waals surface area contributed by atoms with Crippen LogP contribution in [0.1, 0.15) is 29.0 Å². The van der Waals surface area contributed by atoms with Gasteiger partial charge in [0.15, 0.2) is 0 Å². The maximum absolute atomic E-state index is 13.6. The molecule has 2 nitrogen and oxygen atoms in total. The number of hydrogen-bond donors (Lipinski definition) is 1. The van der Waals surface area contributed by atoms with Gasteiger partial charge in [-0.3, -0.25) is 4.79 Å². The Balaban J connectivity index is 2.02. The molecule has 0 saturated carbocycles. The summed E-state index contributed by atoms with van der Waals surface area (Å²) < 4.78 is 26.5. The van der Waals surface area contributed by atoms with Gasteiger partial charge < -0.3 is 5.32 Å². The second kappa shape index (κ2) is 6.63. The van der Waals surface area contributed by atoms with Crippen molar-refractivity contribution >= 4 is 23.3 Å². The summed E-state index contributed by atoms with van der Waals surface area (Å²) in [5.41, 5.74) is 1.35. The normalized spacial score (nSPS) is 12.6. The van der Waals surface area contributed by atoms with Crippen LogP contribution in [-0.4, -0.2) is 5.91 Å². The van der Waals surface area contributed by atoms with Crippen molar-refractivity contribution in [1.29, 1.82) is 0 Å². The van der Waals surface area contributed by atoms with Crippen LogP contribution < -0.4 is 5.32 Å². The molecular formula is C16H15F2NOS. The SMILES string of the molecule is Cc1ccsc1/C=C/C(=O)N[C@@H](C)c1ccc(F)cc1F. The molecule has 1 atom stereocenters. The molecule has 2 rings (SSSR count). The largest absolute Gasteiger partial charge is 0.346 e. The van der Waals surface area contributed by atoms with Gasteiger partial charge in [-0.15, -0.1) is 11.3 Å². The number of amides is 1. The standard InChI is InChI=1S/C16H15F2NOS/c1-10-7-8-21-15(10)5-6-16(20)19-11(2)13-4-3-12(17)9-14(13)18/h3-9,11H,1-2H3,(H,19,20)/b6-5+/t11-/m0/s1. The molecule has 1 heterocycles. The fourth-order valence-electron chi connectivity index (χ4n) is 1.90. The molecule has 21 heavy (non-hydrogen) atoms. The minimum atomic E-state index is -0.666. The van der Waals surface area contributed by atoms with E-state index in [2.05, 4.69) is 5.32 Å². The number of halogens is 2. The maximum atomic E-state index is 13.6. The predicted octanol–water partition coefficient (Wildman–Crippen LogP) is 4.23. The first-order chi connectivity index (χ1) is 9.97. The molecule has 0 aliphatic carbocycles. The third-order valence-corrected chi connectivity index (χ3v) is 4.06. The highest BCUT2D eigenvalue weighted by atomic mass is 32.1. The summed E-state index contributed by atoms with van der Waals surface area (Å²) in [7, 11) is 0. The summed E-state index contributed by atoms with van der Waals surface area (Å²) in [6, 6.07) is 4.75. The quantitative estimate of drug-likeness (QED) is 0.842. The molecule has 0 bridgehead atoms. The highest BCUT2D eigenvalue weighted by molar-refractivity contribution is 7.11. The summed E-state index contributed by atoms with van der Waals surface area (Å²) in [6.45, 7) is 3.61. The number of carbonyl (C=O) groups excluding carboxylic acids is 1. The average molecular weight is 307 g/mol. The molecule has 0 aliphatic rings. The van der Waals surface area contributed by atoms with E-state index < -0.39 is 17.7 Å². The van der Waals surface area contributed by atoms with Gasteiger partial charge in [-0.1, -0.05) is 6.07 Å². The zero-order valence-corrected chi connectivity index (χ0v) is 12.5. The van der Waals surface area contributed by atoms with E-state index in [-0.39, 0.29) is 11.5 Å². The zero-order chi connectivity index (χ0) is 15.4. The van der Waals surface area contributed by atoms with Gasteiger partial charge in [0, 0.05) is 22.6 Å². The molecule has 1 aromatic heterocycles. The molecule has 2 aromatic rings. The molecule has 110 valence electrons. The Hall–Kier alpha value is -2.01. The van der Waals surface area contributed by atoms with Crippen LogP contribution in [0.15, 0.2) is 35.7 Å². The molecule has 0 fully saturated rings. The molecule has 0 aliphatic heterocycles. The Morgan fingerprint density at radius 2 is 2.10 bits per heavy atom. The van der Waals surface area contributed by atoms with Crippen LogP contribution in [0.5, 0.6) is 0 Å². The molecule has 0 spiro atoms. The lowest BCUT2D eigenvalue weighted by Crippen LogP contribution is -2.25. The van der Waals surface area contributed by atoms with Crippen molar-refractivity contribution in [3.05, 3.63) is 63.4 Å². The van der Waals surface area contributed by atoms with Crippen molar-refractivity contribution < 1.29 is 13.6 Å². The van der Waals surface area contributed by atoms with E-state index in [0.717, 1.165) is 16.5 Å². The first-order valence-electron chi connectivity index (χ1n) is 6.45. The van der Waals surface area contributed by atoms with Crippen molar-refractivity contribution in [3.63, 3.8) is 0 Å². The van der Waals surface area contributed by atoms with Crippen molar-refractivity contribution in [1.82, 2.24) is 5.32 Å². The predicted molar refractivity (Wildman–Crippen MR) is 81.0 cm³/mol. The highest BCUT2D eigenvalue weighted by Gasteiger charge is 2.13. The molecule has 1 aromatic carbocycles. The van der Waals surface area contributed by atoms with Crippen molar-refractivity contribution in [2.24, 2.45) is 0 Å². The fraction of sp³-hybridized carbons (Fsp3) is 0.188. The number of benzene rings is 1. The Morgan fingerprint density at radius 3 is 2.71 bits per heavy atom. The molecular weight excluding hydrogens is 292 g/mol. The maximum Gasteiger partial charge on any atom is 0.244 e. The number of rotatable bonds is 4. The molecule has 0 radical (unpaired) electrons. The number of aryl methyl sites for hydroxylation is 1. The number of hydrogen-bond acceptors (Lipinski definition) is 2. The van der Waals surface area contributed by atoms with Gasteiger partial charge in [0.1, 0.15) is 11.6 Å². The highest BCUT2D eigenvalue weighted by Crippen LogP contribution is 2.19. The molecule has 5 heteroatoms. The van der Waals surface area contributed by atoms with E-state index in [1.165, 1.54) is 18.2 Å². The van der Waals surface area contributed by atoms with E-state index in [1.54, 1.807) is 24.3 Å². The minimum absolute atomic E-state index is 0.255. The minimum Gasteiger partial charge on any atom is -0.346 e. The van der Waals surface area contributed by atoms with E-state index in [0.29, 0.717) is 0 Å². The monoisotopic (exact) mass is 307 g/mol. The first-order valence-corrected chi connectivity index (χ1v) is 7.33. The smallest absolute Gasteiger partial charge is 0.244 e. The van der Waals surface area contributed by atoms with E-state index in [4.69, 9.17) is 0 Å². The summed E-state index contributed by atoms with van der Waals surface area (Å²) in [6.07, 6.45) is 3.14. The lowest BCUT2D eigenvalue weighted by Gasteiger charge is -2.13. The summed E-state index contributed by atoms with van der Waals surface area (Å²) >= 11 is 1.54. The van der Waals surface area contributed by atoms with Crippen LogP contribution in [0.3, 0.4) is 0 Å². The van der Waals surface area contributed by atoms with E-state index in [9.17, 15) is 13.6 Å². The first kappa shape index (κ1) is 15.4. The second-order valence-electron chi connectivity index (χ2n) is 4.70. The Morgan fingerprint density at radius 1 is 1.33 bits per heavy atom. The molecule has 0 saturated heterocycles. The van der Waals surface area contributed by atoms with E-state index in [1.807, 2.05) is 18.4 Å². The van der Waals surface area contributed by atoms with Gasteiger partial charge in [-0.2, -0.15) is 0 Å². The third kappa shape index (κ3) is 3.98. The topological polar surface area (TPSA) is 29.1 Å². The second-order valence-corrected chi connectivity index (χ2v) is 5.65. The van der Waals surface area contributed by atoms with E-state index >= 15 is 0 Å². The lowest BCUT2D eigenvalue weighted by molar-refractivity contribution is -0.117. The van der Waals surface area contributed by atoms with Crippen LogP contribution in [0.4, 0.5) is 8.78 Å². The third-order valence-electron chi connectivity index (χ3n) is 3.08. The number of carbonyl (C=O) groups is 1. The summed E-state index contributed by atoms with van der Waals surface area (Å²) in [5.74, 6) is -1.62. The van der Waals surface area contributed by atoms with Crippen LogP contribution in [-0.2, 0) is 4.79 Å². The van der Waals surface area contributed by atoms with Gasteiger partial charge in [0.25, 0.3) is 0 Å². The van der Waals surface area contributed by atoms with Gasteiger partial charge in [-0.25, -0.2) is 8.78 Å². The number of nitrogens with one attached hydrogen (secondary N) is 1. The Labute approximate surface area is 126 Å². The van der Waals surface area contributed by atoms with Crippen LogP contribution >= 0.6 is 11.3 Å². The molecule has 0 unspecified atom stereocenters. The molecule has 1 amide bonds. The van der Waals surface area contributed by atoms with Crippen molar-refractivity contribution in [2.45, 2.75) is 19.9 Å². The summed E-state index contributed by atoms with van der Waals surface area (Å²) in [5, 5.41) is 4.60. The van der Waals surface area contributed by atoms with Crippen molar-refractivity contribution in [3.8, 4) is 0 Å². The van der Waals surface area contributed by atoms with Crippen LogP contribution in [0, 0.1) is 18.6 Å². The molecule has 1 N–H and O–H groups in total. The lowest BCUT2D eigenvalue weighted by atomic mass is 10.1. The Kier molecular flexibility index (Phi) is 4.85. The van der Waals surface area contributed by atoms with Gasteiger partial charge >= 0.3 is 0 Å². The summed E-state index contributed by atoms with van der Waals surface area (Å²) in [4.78, 5) is 12.8. The van der Waals surface area contributed by atoms with Crippen LogP contribution in [0.25, 0.3) is 6.08 Å². The van der Waals surface area contributed by atoms with Gasteiger partial charge in [-0.05, 0) is 43.0 Å². The van der Waals surface area contributed by atoms with Gasteiger partial charge in [0.05, 0.1) is 6.04 Å². The average Bonchev–Trinajstić information content (AvgIpc) is 2.81. The van der Waals surface area contributed by atoms with Crippen molar-refractivity contribution in [2.75, 3.05) is 0 Å². The Bertz CT molecular complexity index is 679. The fourth-order valence-corrected chi connectivity index (χ4v) is 2.72. The van der Waals surface area contributed by atoms with Crippen LogP contribution in [0.2, 0.25) is 0 Å².